The van der Waals surface area contributed by atoms with Gasteiger partial charge in [0.25, 0.3) is 0 Å². The Morgan fingerprint density at radius 1 is 0.641 bits per heavy atom. The van der Waals surface area contributed by atoms with Gasteiger partial charge in [-0.3, -0.25) is 19.5 Å². The van der Waals surface area contributed by atoms with Gasteiger partial charge in [0.1, 0.15) is 12.7 Å². The molecular formula is C55H93ClN4O4. The van der Waals surface area contributed by atoms with E-state index in [-0.39, 0.29) is 18.5 Å². The molecule has 0 aliphatic rings. The highest BCUT2D eigenvalue weighted by molar-refractivity contribution is 6.31. The number of aromatic nitrogens is 1. The number of carbonyl (C=O) groups excluding carboxylic acids is 2. The molecule has 0 aliphatic heterocycles. The summed E-state index contributed by atoms with van der Waals surface area (Å²) in [7, 11) is 4.14. The van der Waals surface area contributed by atoms with Gasteiger partial charge in [-0.2, -0.15) is 0 Å². The van der Waals surface area contributed by atoms with Crippen molar-refractivity contribution in [3.05, 3.63) is 59.8 Å². The second-order valence-electron chi connectivity index (χ2n) is 18.4. The van der Waals surface area contributed by atoms with E-state index in [0.29, 0.717) is 24.4 Å². The number of anilines is 1. The Balaban J connectivity index is 1.80. The monoisotopic (exact) mass is 909 g/mol. The first-order chi connectivity index (χ1) is 31.3. The van der Waals surface area contributed by atoms with E-state index in [4.69, 9.17) is 21.1 Å². The van der Waals surface area contributed by atoms with Crippen molar-refractivity contribution in [3.8, 4) is 0 Å². The molecule has 0 unspecified atom stereocenters. The topological polar surface area (TPSA) is 84.0 Å². The van der Waals surface area contributed by atoms with Gasteiger partial charge in [0.15, 0.2) is 0 Å². The maximum atomic E-state index is 13.2. The number of nitrogens with zero attached hydrogens (tertiary/aromatic N) is 3. The number of fused-ring (bicyclic) bond motifs is 1. The molecule has 0 saturated carbocycles. The molecule has 1 atom stereocenters. The minimum atomic E-state index is -0.516. The number of esters is 2. The third kappa shape index (κ3) is 31.9. The molecule has 364 valence electrons. The van der Waals surface area contributed by atoms with Gasteiger partial charge in [-0.15, -0.1) is 0 Å². The van der Waals surface area contributed by atoms with Crippen molar-refractivity contribution in [1.82, 2.24) is 14.8 Å². The third-order valence-electron chi connectivity index (χ3n) is 12.0. The molecule has 1 N–H and O–H groups in total. The zero-order valence-electron chi connectivity index (χ0n) is 41.4. The van der Waals surface area contributed by atoms with Gasteiger partial charge >= 0.3 is 11.9 Å². The van der Waals surface area contributed by atoms with Crippen LogP contribution in [0.25, 0.3) is 10.9 Å². The molecule has 1 aromatic carbocycles. The molecule has 0 amide bonds. The first-order valence-electron chi connectivity index (χ1n) is 26.1. The standard InChI is InChI=1S/C55H93ClN4O4/c1-5-7-9-11-13-15-17-19-21-23-25-27-29-31-33-36-54(61)63-48-50(64-55(62)37-34-32-30-28-26-24-22-20-18-16-14-12-10-8-6-2)47-60(45-44-59(3)4)43-35-41-57-52-40-42-58-53-46-49(56)38-39-51(52)53/h19-22,38-40,42,46,50H,5-18,23-37,41,43-45,47-48H2,1-4H3,(H,57,58)/b21-19-,22-20-/t50-/m1/s1. The summed E-state index contributed by atoms with van der Waals surface area (Å²) in [5, 5.41) is 5.30. The predicted octanol–water partition coefficient (Wildman–Crippen LogP) is 15.1. The molecule has 64 heavy (non-hydrogen) atoms. The molecule has 0 radical (unpaired) electrons. The number of ether oxygens (including phenoxy) is 2. The highest BCUT2D eigenvalue weighted by Gasteiger charge is 2.21. The Morgan fingerprint density at radius 3 is 1.70 bits per heavy atom. The maximum Gasteiger partial charge on any atom is 0.306 e. The summed E-state index contributed by atoms with van der Waals surface area (Å²) in [6, 6.07) is 7.78. The van der Waals surface area contributed by atoms with Crippen LogP contribution >= 0.6 is 11.6 Å². The lowest BCUT2D eigenvalue weighted by atomic mass is 10.1. The van der Waals surface area contributed by atoms with Crippen LogP contribution in [0.15, 0.2) is 54.8 Å². The molecule has 0 fully saturated rings. The van der Waals surface area contributed by atoms with Gasteiger partial charge in [-0.25, -0.2) is 0 Å². The average molecular weight is 910 g/mol. The van der Waals surface area contributed by atoms with Crippen LogP contribution < -0.4 is 5.32 Å². The summed E-state index contributed by atoms with van der Waals surface area (Å²) >= 11 is 6.22. The van der Waals surface area contributed by atoms with Gasteiger partial charge in [-0.1, -0.05) is 152 Å². The van der Waals surface area contributed by atoms with Crippen molar-refractivity contribution < 1.29 is 19.1 Å². The van der Waals surface area contributed by atoms with E-state index in [2.05, 4.69) is 72.3 Å². The number of halogens is 1. The fourth-order valence-corrected chi connectivity index (χ4v) is 8.20. The van der Waals surface area contributed by atoms with E-state index in [0.717, 1.165) is 101 Å². The fraction of sp³-hybridized carbons (Fsp3) is 0.727. The van der Waals surface area contributed by atoms with Crippen molar-refractivity contribution in [3.63, 3.8) is 0 Å². The summed E-state index contributed by atoms with van der Waals surface area (Å²) in [4.78, 5) is 35.1. The van der Waals surface area contributed by atoms with Crippen LogP contribution in [0.3, 0.4) is 0 Å². The van der Waals surface area contributed by atoms with Crippen LogP contribution in [-0.2, 0) is 19.1 Å². The predicted molar refractivity (Wildman–Crippen MR) is 275 cm³/mol. The van der Waals surface area contributed by atoms with Crippen molar-refractivity contribution in [2.45, 2.75) is 206 Å². The quantitative estimate of drug-likeness (QED) is 0.0400. The van der Waals surface area contributed by atoms with Crippen LogP contribution in [0.2, 0.25) is 5.02 Å². The maximum absolute atomic E-state index is 13.2. The summed E-state index contributed by atoms with van der Waals surface area (Å²) in [6.07, 6.45) is 44.0. The Bertz CT molecular complexity index is 1500. The highest BCUT2D eigenvalue weighted by atomic mass is 35.5. The van der Waals surface area contributed by atoms with Gasteiger partial charge in [-0.05, 0) is 109 Å². The number of hydrogen-bond donors (Lipinski definition) is 1. The number of allylic oxidation sites excluding steroid dienone is 4. The molecule has 1 heterocycles. The van der Waals surface area contributed by atoms with Crippen molar-refractivity contribution >= 4 is 40.1 Å². The number of rotatable bonds is 43. The largest absolute Gasteiger partial charge is 0.462 e. The molecule has 0 spiro atoms. The van der Waals surface area contributed by atoms with E-state index in [1.807, 2.05) is 24.3 Å². The molecule has 9 heteroatoms. The average Bonchev–Trinajstić information content (AvgIpc) is 3.28. The van der Waals surface area contributed by atoms with Crippen LogP contribution in [0.1, 0.15) is 200 Å². The van der Waals surface area contributed by atoms with E-state index in [1.54, 1.807) is 6.20 Å². The Labute approximate surface area is 397 Å². The molecule has 8 nitrogen and oxygen atoms in total. The first kappa shape index (κ1) is 57.2. The molecule has 2 aromatic rings. The fourth-order valence-electron chi connectivity index (χ4n) is 8.03. The molecule has 2 rings (SSSR count). The molecule has 0 saturated heterocycles. The summed E-state index contributed by atoms with van der Waals surface area (Å²) in [5.74, 6) is -0.402. The second-order valence-corrected chi connectivity index (χ2v) is 18.8. The van der Waals surface area contributed by atoms with E-state index in [9.17, 15) is 9.59 Å². The third-order valence-corrected chi connectivity index (χ3v) is 12.2. The molecule has 0 aliphatic carbocycles. The van der Waals surface area contributed by atoms with Crippen molar-refractivity contribution in [2.75, 3.05) is 58.7 Å². The Kier molecular flexibility index (Phi) is 36.1. The summed E-state index contributed by atoms with van der Waals surface area (Å²) < 4.78 is 11.9. The number of pyridine rings is 1. The SMILES string of the molecule is CCCCCCCC/C=C\CCCCCCCC(=O)OC[C@@H](CN(CCCNc1ccnc2cc(Cl)ccc12)CCN(C)C)OC(=O)CCCCCCC/C=C\CCCCCCCC. The molecule has 0 bridgehead atoms. The Morgan fingerprint density at radius 2 is 1.16 bits per heavy atom. The zero-order chi connectivity index (χ0) is 46.1. The highest BCUT2D eigenvalue weighted by Crippen LogP contribution is 2.24. The number of carbonyl (C=O) groups is 2. The minimum Gasteiger partial charge on any atom is -0.462 e. The smallest absolute Gasteiger partial charge is 0.306 e. The van der Waals surface area contributed by atoms with Gasteiger partial charge < -0.3 is 19.7 Å². The van der Waals surface area contributed by atoms with Crippen molar-refractivity contribution in [1.29, 1.82) is 0 Å². The van der Waals surface area contributed by atoms with Crippen LogP contribution in [0.5, 0.6) is 0 Å². The van der Waals surface area contributed by atoms with Gasteiger partial charge in [0.2, 0.25) is 0 Å². The summed E-state index contributed by atoms with van der Waals surface area (Å²) in [6.45, 7) is 8.40. The number of hydrogen-bond acceptors (Lipinski definition) is 8. The van der Waals surface area contributed by atoms with Crippen molar-refractivity contribution in [2.24, 2.45) is 0 Å². The lowest BCUT2D eigenvalue weighted by Gasteiger charge is -2.28. The second kappa shape index (κ2) is 40.3. The van der Waals surface area contributed by atoms with E-state index >= 15 is 0 Å². The van der Waals surface area contributed by atoms with E-state index < -0.39 is 6.10 Å². The van der Waals surface area contributed by atoms with Gasteiger partial charge in [0.05, 0.1) is 5.52 Å². The van der Waals surface area contributed by atoms with Gasteiger partial charge in [0, 0.05) is 67.9 Å². The van der Waals surface area contributed by atoms with E-state index in [1.165, 1.54) is 116 Å². The first-order valence-corrected chi connectivity index (χ1v) is 26.5. The molecular weight excluding hydrogens is 816 g/mol. The lowest BCUT2D eigenvalue weighted by molar-refractivity contribution is -0.160. The van der Waals surface area contributed by atoms with Crippen LogP contribution in [0.4, 0.5) is 5.69 Å². The van der Waals surface area contributed by atoms with Crippen LogP contribution in [-0.4, -0.2) is 86.3 Å². The lowest BCUT2D eigenvalue weighted by Crippen LogP contribution is -2.42. The number of benzene rings is 1. The number of likely N-dealkylation sites (N-methyl/N-ethyl adjacent to an activating group) is 1. The summed E-state index contributed by atoms with van der Waals surface area (Å²) in [5.41, 5.74) is 1.89. The van der Waals surface area contributed by atoms with Crippen LogP contribution in [0, 0.1) is 0 Å². The number of unbranched alkanes of at least 4 members (excludes halogenated alkanes) is 22. The molecule has 1 aromatic heterocycles. The minimum absolute atomic E-state index is 0.0876. The normalized spacial score (nSPS) is 12.4. The zero-order valence-corrected chi connectivity index (χ0v) is 42.1. The Hall–Kier alpha value is -2.94. The number of nitrogens with one attached hydrogen (secondary N) is 1.